The molecule has 1 N–H and O–H groups in total. The molecule has 1 atom stereocenters. The van der Waals surface area contributed by atoms with Gasteiger partial charge in [-0.05, 0) is 41.8 Å². The molecule has 0 saturated heterocycles. The van der Waals surface area contributed by atoms with Crippen molar-refractivity contribution in [3.63, 3.8) is 0 Å². The minimum Gasteiger partial charge on any atom is -0.354 e. The molecule has 0 aliphatic heterocycles. The largest absolute Gasteiger partial charge is 0.354 e. The van der Waals surface area contributed by atoms with Gasteiger partial charge in [-0.15, -0.1) is 0 Å². The summed E-state index contributed by atoms with van der Waals surface area (Å²) in [4.78, 5) is 28.8. The summed E-state index contributed by atoms with van der Waals surface area (Å²) >= 11 is 12.3. The zero-order valence-corrected chi connectivity index (χ0v) is 24.6. The standard InChI is InChI=1S/C29H32Cl2FN3O4S/c1-3-4-16-33-29(37)27(18-21-10-6-5-7-11-21)34(19-22-14-15-23(30)24(31)17-22)28(36)20-35(40(2,38)39)26-13-9-8-12-25(26)32/h5-15,17,27H,3-4,16,18-20H2,1-2H3,(H,33,37)/t27-/m1/s1. The lowest BCUT2D eigenvalue weighted by atomic mass is 10.0. The van der Waals surface area contributed by atoms with Gasteiger partial charge < -0.3 is 10.2 Å². The van der Waals surface area contributed by atoms with Gasteiger partial charge in [0, 0.05) is 19.5 Å². The second-order valence-electron chi connectivity index (χ2n) is 9.34. The average molecular weight is 609 g/mol. The number of nitrogens with zero attached hydrogens (tertiary/aromatic N) is 2. The van der Waals surface area contributed by atoms with E-state index in [0.717, 1.165) is 30.7 Å². The second kappa shape index (κ2) is 14.5. The molecule has 0 aliphatic rings. The van der Waals surface area contributed by atoms with Gasteiger partial charge in [0.05, 0.1) is 22.0 Å². The van der Waals surface area contributed by atoms with Crippen LogP contribution in [0.1, 0.15) is 30.9 Å². The highest BCUT2D eigenvalue weighted by atomic mass is 35.5. The molecule has 3 rings (SSSR count). The second-order valence-corrected chi connectivity index (χ2v) is 12.1. The molecule has 0 aliphatic carbocycles. The topological polar surface area (TPSA) is 86.8 Å². The fourth-order valence-electron chi connectivity index (χ4n) is 4.14. The smallest absolute Gasteiger partial charge is 0.244 e. The maximum absolute atomic E-state index is 14.7. The first kappa shape index (κ1) is 31.4. The minimum atomic E-state index is -4.07. The van der Waals surface area contributed by atoms with Crippen molar-refractivity contribution in [2.75, 3.05) is 23.7 Å². The summed E-state index contributed by atoms with van der Waals surface area (Å²) in [5.41, 5.74) is 1.12. The SMILES string of the molecule is CCCCNC(=O)[C@@H](Cc1ccccc1)N(Cc1ccc(Cl)c(Cl)c1)C(=O)CN(c1ccccc1F)S(C)(=O)=O. The summed E-state index contributed by atoms with van der Waals surface area (Å²) in [5, 5.41) is 3.49. The first-order valence-corrected chi connectivity index (χ1v) is 15.4. The third-order valence-electron chi connectivity index (χ3n) is 6.24. The van der Waals surface area contributed by atoms with Gasteiger partial charge >= 0.3 is 0 Å². The van der Waals surface area contributed by atoms with E-state index in [9.17, 15) is 22.4 Å². The van der Waals surface area contributed by atoms with Gasteiger partial charge in [0.15, 0.2) is 0 Å². The predicted octanol–water partition coefficient (Wildman–Crippen LogP) is 5.45. The molecule has 0 aromatic heterocycles. The fraction of sp³-hybridized carbons (Fsp3) is 0.310. The number of hydrogen-bond donors (Lipinski definition) is 1. The Morgan fingerprint density at radius 3 is 2.25 bits per heavy atom. The molecular weight excluding hydrogens is 576 g/mol. The lowest BCUT2D eigenvalue weighted by molar-refractivity contribution is -0.140. The van der Waals surface area contributed by atoms with Crippen molar-refractivity contribution < 1.29 is 22.4 Å². The molecule has 214 valence electrons. The van der Waals surface area contributed by atoms with E-state index in [1.807, 2.05) is 37.3 Å². The van der Waals surface area contributed by atoms with E-state index in [1.165, 1.54) is 23.1 Å². The molecule has 0 bridgehead atoms. The Bertz CT molecular complexity index is 1420. The van der Waals surface area contributed by atoms with Crippen LogP contribution < -0.4 is 9.62 Å². The van der Waals surface area contributed by atoms with Gasteiger partial charge in [-0.3, -0.25) is 13.9 Å². The van der Waals surface area contributed by atoms with Gasteiger partial charge in [0.25, 0.3) is 0 Å². The van der Waals surface area contributed by atoms with Crippen LogP contribution in [0.2, 0.25) is 10.0 Å². The Kier molecular flexibility index (Phi) is 11.4. The number of carbonyl (C=O) groups excluding carboxylic acids is 2. The van der Waals surface area contributed by atoms with Crippen molar-refractivity contribution in [1.29, 1.82) is 0 Å². The Morgan fingerprint density at radius 1 is 0.950 bits per heavy atom. The number of sulfonamides is 1. The molecule has 0 heterocycles. The molecule has 7 nitrogen and oxygen atoms in total. The van der Waals surface area contributed by atoms with Crippen molar-refractivity contribution in [3.05, 3.63) is 99.8 Å². The van der Waals surface area contributed by atoms with Crippen LogP contribution in [0.15, 0.2) is 72.8 Å². The maximum atomic E-state index is 14.7. The zero-order valence-electron chi connectivity index (χ0n) is 22.3. The van der Waals surface area contributed by atoms with Crippen LogP contribution >= 0.6 is 23.2 Å². The van der Waals surface area contributed by atoms with Crippen molar-refractivity contribution in [2.45, 2.75) is 38.8 Å². The number of anilines is 1. The van der Waals surface area contributed by atoms with Crippen molar-refractivity contribution in [2.24, 2.45) is 0 Å². The molecule has 3 aromatic rings. The summed E-state index contributed by atoms with van der Waals surface area (Å²) in [6, 6.07) is 18.3. The number of unbranched alkanes of at least 4 members (excludes halogenated alkanes) is 1. The highest BCUT2D eigenvalue weighted by Crippen LogP contribution is 2.26. The van der Waals surface area contributed by atoms with Crippen LogP contribution in [-0.2, 0) is 32.6 Å². The van der Waals surface area contributed by atoms with E-state index in [-0.39, 0.29) is 29.6 Å². The highest BCUT2D eigenvalue weighted by molar-refractivity contribution is 7.92. The number of benzene rings is 3. The average Bonchev–Trinajstić information content (AvgIpc) is 2.91. The molecule has 0 unspecified atom stereocenters. The van der Waals surface area contributed by atoms with Crippen LogP contribution in [0.4, 0.5) is 10.1 Å². The van der Waals surface area contributed by atoms with E-state index in [4.69, 9.17) is 23.2 Å². The monoisotopic (exact) mass is 607 g/mol. The van der Waals surface area contributed by atoms with Crippen LogP contribution in [0.5, 0.6) is 0 Å². The van der Waals surface area contributed by atoms with Gasteiger partial charge in [-0.1, -0.05) is 85.1 Å². The summed E-state index contributed by atoms with van der Waals surface area (Å²) < 4.78 is 40.8. The Morgan fingerprint density at radius 2 is 1.62 bits per heavy atom. The van der Waals surface area contributed by atoms with E-state index >= 15 is 0 Å². The number of carbonyl (C=O) groups is 2. The van der Waals surface area contributed by atoms with Crippen LogP contribution in [0.3, 0.4) is 0 Å². The highest BCUT2D eigenvalue weighted by Gasteiger charge is 2.33. The zero-order chi connectivity index (χ0) is 29.3. The number of hydrogen-bond acceptors (Lipinski definition) is 4. The summed E-state index contributed by atoms with van der Waals surface area (Å²) in [6.07, 6.45) is 2.68. The predicted molar refractivity (Wildman–Crippen MR) is 157 cm³/mol. The number of rotatable bonds is 13. The molecule has 0 radical (unpaired) electrons. The van der Waals surface area contributed by atoms with Gasteiger partial charge in [0.2, 0.25) is 21.8 Å². The molecule has 0 fully saturated rings. The van der Waals surface area contributed by atoms with Crippen molar-refractivity contribution in [1.82, 2.24) is 10.2 Å². The third-order valence-corrected chi connectivity index (χ3v) is 8.10. The molecule has 0 saturated carbocycles. The van der Waals surface area contributed by atoms with Crippen LogP contribution in [-0.4, -0.2) is 50.5 Å². The number of para-hydroxylation sites is 1. The molecule has 3 aromatic carbocycles. The molecular formula is C29H32Cl2FN3O4S. The van der Waals surface area contributed by atoms with Gasteiger partial charge in [-0.25, -0.2) is 12.8 Å². The Balaban J connectivity index is 2.06. The Labute approximate surface area is 244 Å². The summed E-state index contributed by atoms with van der Waals surface area (Å²) in [7, 11) is -4.07. The van der Waals surface area contributed by atoms with E-state index in [0.29, 0.717) is 21.4 Å². The molecule has 40 heavy (non-hydrogen) atoms. The quantitative estimate of drug-likeness (QED) is 0.262. The lowest BCUT2D eigenvalue weighted by Gasteiger charge is -2.33. The van der Waals surface area contributed by atoms with Gasteiger partial charge in [-0.2, -0.15) is 0 Å². The fourth-order valence-corrected chi connectivity index (χ4v) is 5.31. The third kappa shape index (κ3) is 8.68. The van der Waals surface area contributed by atoms with E-state index in [2.05, 4.69) is 5.32 Å². The number of nitrogens with one attached hydrogen (secondary N) is 1. The molecule has 2 amide bonds. The first-order chi connectivity index (χ1) is 19.0. The number of amides is 2. The van der Waals surface area contributed by atoms with Crippen LogP contribution in [0.25, 0.3) is 0 Å². The van der Waals surface area contributed by atoms with Crippen LogP contribution in [0, 0.1) is 5.82 Å². The van der Waals surface area contributed by atoms with Gasteiger partial charge in [0.1, 0.15) is 18.4 Å². The molecule has 0 spiro atoms. The summed E-state index contributed by atoms with van der Waals surface area (Å²) in [5.74, 6) is -1.87. The normalized spacial score (nSPS) is 12.0. The van der Waals surface area contributed by atoms with Crippen molar-refractivity contribution >= 4 is 50.7 Å². The summed E-state index contributed by atoms with van der Waals surface area (Å²) in [6.45, 7) is 1.63. The van der Waals surface area contributed by atoms with E-state index < -0.39 is 34.3 Å². The van der Waals surface area contributed by atoms with Crippen molar-refractivity contribution in [3.8, 4) is 0 Å². The number of halogens is 3. The van der Waals surface area contributed by atoms with E-state index in [1.54, 1.807) is 18.2 Å². The Hall–Kier alpha value is -3.14. The maximum Gasteiger partial charge on any atom is 0.244 e. The lowest BCUT2D eigenvalue weighted by Crippen LogP contribution is -2.53. The minimum absolute atomic E-state index is 0.0662. The first-order valence-electron chi connectivity index (χ1n) is 12.8. The molecule has 11 heteroatoms.